The second kappa shape index (κ2) is 9.54. The number of amides is 1. The van der Waals surface area contributed by atoms with Crippen molar-refractivity contribution in [3.63, 3.8) is 0 Å². The van der Waals surface area contributed by atoms with Crippen LogP contribution in [0.1, 0.15) is 75.5 Å². The molecule has 6 heteroatoms. The Hall–Kier alpha value is -2.27. The molecule has 5 rings (SSSR count). The van der Waals surface area contributed by atoms with Crippen LogP contribution in [0.3, 0.4) is 0 Å². The quantitative estimate of drug-likeness (QED) is 0.447. The Morgan fingerprint density at radius 1 is 0.970 bits per heavy atom. The Morgan fingerprint density at radius 2 is 1.58 bits per heavy atom. The summed E-state index contributed by atoms with van der Waals surface area (Å²) >= 11 is 6.80. The van der Waals surface area contributed by atoms with Gasteiger partial charge < -0.3 is 16.0 Å². The van der Waals surface area contributed by atoms with Gasteiger partial charge >= 0.3 is 0 Å². The van der Waals surface area contributed by atoms with E-state index in [0.29, 0.717) is 5.15 Å². The molecule has 0 spiro atoms. The zero-order valence-electron chi connectivity index (χ0n) is 19.5. The van der Waals surface area contributed by atoms with Crippen molar-refractivity contribution in [1.82, 2.24) is 10.3 Å². The fraction of sp³-hybridized carbons (Fsp3) is 0.556. The Morgan fingerprint density at radius 3 is 2.18 bits per heavy atom. The minimum Gasteiger partial charge on any atom is -0.357 e. The molecule has 176 valence electrons. The van der Waals surface area contributed by atoms with Crippen molar-refractivity contribution in [2.75, 3.05) is 10.6 Å². The van der Waals surface area contributed by atoms with E-state index >= 15 is 0 Å². The van der Waals surface area contributed by atoms with Gasteiger partial charge in [0.15, 0.2) is 0 Å². The molecule has 2 fully saturated rings. The highest BCUT2D eigenvalue weighted by molar-refractivity contribution is 6.30. The average molecular weight is 467 g/mol. The molecule has 1 aliphatic heterocycles. The summed E-state index contributed by atoms with van der Waals surface area (Å²) in [6.07, 6.45) is 11.5. The number of anilines is 2. The topological polar surface area (TPSA) is 66.1 Å². The second-order valence-electron chi connectivity index (χ2n) is 10.1. The van der Waals surface area contributed by atoms with Gasteiger partial charge in [0.2, 0.25) is 5.91 Å². The van der Waals surface area contributed by atoms with Crippen molar-refractivity contribution in [2.24, 2.45) is 11.8 Å². The standard InChI is InChI=1S/C27H35ClN4O/c1-18-16-17-21(25(28)29-18)27(31-22-14-8-9-15-23(22)32-27)24(19-10-4-2-5-11-19)26(33)30-20-12-6-3-7-13-20/h8-9,14-17,19-20,24,31-32H,2-7,10-13H2,1H3,(H,30,33). The van der Waals surface area contributed by atoms with E-state index in [1.54, 1.807) is 0 Å². The summed E-state index contributed by atoms with van der Waals surface area (Å²) < 4.78 is 0. The number of hydrogen-bond donors (Lipinski definition) is 3. The van der Waals surface area contributed by atoms with Crippen molar-refractivity contribution in [3.8, 4) is 0 Å². The summed E-state index contributed by atoms with van der Waals surface area (Å²) in [5.74, 6) is 0.112. The molecule has 2 heterocycles. The van der Waals surface area contributed by atoms with E-state index < -0.39 is 5.66 Å². The number of rotatable bonds is 5. The Balaban J connectivity index is 1.59. The lowest BCUT2D eigenvalue weighted by Gasteiger charge is -2.44. The first-order chi connectivity index (χ1) is 16.1. The van der Waals surface area contributed by atoms with Crippen LogP contribution in [0.4, 0.5) is 11.4 Å². The maximum absolute atomic E-state index is 14.2. The lowest BCUT2D eigenvalue weighted by atomic mass is 9.71. The molecule has 2 aliphatic carbocycles. The number of pyridine rings is 1. The van der Waals surface area contributed by atoms with E-state index in [2.05, 4.69) is 33.1 Å². The zero-order valence-corrected chi connectivity index (χ0v) is 20.3. The van der Waals surface area contributed by atoms with Crippen LogP contribution in [-0.4, -0.2) is 16.9 Å². The molecule has 1 unspecified atom stereocenters. The number of nitrogens with zero attached hydrogens (tertiary/aromatic N) is 1. The molecule has 1 atom stereocenters. The van der Waals surface area contributed by atoms with Gasteiger partial charge in [-0.05, 0) is 62.8 Å². The molecule has 3 N–H and O–H groups in total. The first-order valence-corrected chi connectivity index (χ1v) is 13.0. The number of carbonyl (C=O) groups excluding carboxylic acids is 1. The molecule has 1 aromatic heterocycles. The summed E-state index contributed by atoms with van der Waals surface area (Å²) in [6, 6.07) is 12.5. The third kappa shape index (κ3) is 4.44. The van der Waals surface area contributed by atoms with Crippen molar-refractivity contribution in [3.05, 3.63) is 52.8 Å². The average Bonchev–Trinajstić information content (AvgIpc) is 3.20. The largest absolute Gasteiger partial charge is 0.357 e. The lowest BCUT2D eigenvalue weighted by molar-refractivity contribution is -0.130. The molecule has 2 aromatic rings. The number of nitrogens with one attached hydrogen (secondary N) is 3. The highest BCUT2D eigenvalue weighted by atomic mass is 35.5. The predicted octanol–water partition coefficient (Wildman–Crippen LogP) is 6.38. The van der Waals surface area contributed by atoms with Crippen molar-refractivity contribution < 1.29 is 4.79 Å². The minimum absolute atomic E-state index is 0.137. The van der Waals surface area contributed by atoms with E-state index in [1.165, 1.54) is 38.5 Å². The minimum atomic E-state index is -0.831. The van der Waals surface area contributed by atoms with Gasteiger partial charge in [0.25, 0.3) is 0 Å². The van der Waals surface area contributed by atoms with Crippen LogP contribution < -0.4 is 16.0 Å². The van der Waals surface area contributed by atoms with Crippen LogP contribution in [0.15, 0.2) is 36.4 Å². The summed E-state index contributed by atoms with van der Waals surface area (Å²) in [4.78, 5) is 18.7. The van der Waals surface area contributed by atoms with Crippen LogP contribution in [0, 0.1) is 18.8 Å². The van der Waals surface area contributed by atoms with Gasteiger partial charge in [0.05, 0.1) is 17.3 Å². The van der Waals surface area contributed by atoms with Crippen molar-refractivity contribution in [1.29, 1.82) is 0 Å². The molecule has 2 saturated carbocycles. The van der Waals surface area contributed by atoms with Crippen LogP contribution in [0.2, 0.25) is 5.15 Å². The summed E-state index contributed by atoms with van der Waals surface area (Å²) in [5.41, 5.74) is 2.89. The van der Waals surface area contributed by atoms with E-state index in [0.717, 1.165) is 48.3 Å². The maximum Gasteiger partial charge on any atom is 0.228 e. The normalized spacial score (nSPS) is 21.5. The van der Waals surface area contributed by atoms with E-state index in [-0.39, 0.29) is 23.8 Å². The first kappa shape index (κ1) is 22.5. The monoisotopic (exact) mass is 466 g/mol. The summed E-state index contributed by atoms with van der Waals surface area (Å²) in [7, 11) is 0. The fourth-order valence-electron chi connectivity index (χ4n) is 6.20. The molecule has 33 heavy (non-hydrogen) atoms. The zero-order chi connectivity index (χ0) is 22.8. The molecular formula is C27H35ClN4O. The molecule has 1 amide bonds. The molecule has 3 aliphatic rings. The Labute approximate surface area is 202 Å². The summed E-state index contributed by atoms with van der Waals surface area (Å²) in [5, 5.41) is 11.4. The first-order valence-electron chi connectivity index (χ1n) is 12.7. The number of para-hydroxylation sites is 2. The van der Waals surface area contributed by atoms with Crippen molar-refractivity contribution >= 4 is 28.9 Å². The van der Waals surface area contributed by atoms with Crippen LogP contribution >= 0.6 is 11.6 Å². The van der Waals surface area contributed by atoms with Crippen molar-refractivity contribution in [2.45, 2.75) is 82.8 Å². The number of aromatic nitrogens is 1. The Bertz CT molecular complexity index is 972. The van der Waals surface area contributed by atoms with E-state index in [4.69, 9.17) is 11.6 Å². The third-order valence-electron chi connectivity index (χ3n) is 7.83. The second-order valence-corrected chi connectivity index (χ2v) is 10.5. The van der Waals surface area contributed by atoms with Gasteiger partial charge in [0.1, 0.15) is 10.8 Å². The predicted molar refractivity (Wildman–Crippen MR) is 134 cm³/mol. The molecule has 0 radical (unpaired) electrons. The summed E-state index contributed by atoms with van der Waals surface area (Å²) in [6.45, 7) is 1.95. The molecule has 5 nitrogen and oxygen atoms in total. The lowest BCUT2D eigenvalue weighted by Crippen LogP contribution is -2.57. The Kier molecular flexibility index (Phi) is 6.51. The number of hydrogen-bond acceptors (Lipinski definition) is 4. The van der Waals surface area contributed by atoms with Gasteiger partial charge in [-0.3, -0.25) is 4.79 Å². The molecule has 0 saturated heterocycles. The van der Waals surface area contributed by atoms with Gasteiger partial charge in [-0.15, -0.1) is 0 Å². The van der Waals surface area contributed by atoms with Gasteiger partial charge in [-0.1, -0.05) is 62.3 Å². The highest BCUT2D eigenvalue weighted by Gasteiger charge is 2.53. The number of halogens is 1. The SMILES string of the molecule is Cc1ccc(C2(C(C(=O)NC3CCCCC3)C3CCCCC3)Nc3ccccc3N2)c(Cl)n1. The maximum atomic E-state index is 14.2. The molecule has 0 bridgehead atoms. The van der Waals surface area contributed by atoms with Gasteiger partial charge in [-0.25, -0.2) is 4.98 Å². The number of benzene rings is 1. The number of carbonyl (C=O) groups is 1. The van der Waals surface area contributed by atoms with Crippen LogP contribution in [0.5, 0.6) is 0 Å². The number of aryl methyl sites for hydroxylation is 1. The van der Waals surface area contributed by atoms with E-state index in [9.17, 15) is 4.79 Å². The van der Waals surface area contributed by atoms with E-state index in [1.807, 2.05) is 31.2 Å². The fourth-order valence-corrected chi connectivity index (χ4v) is 6.55. The highest BCUT2D eigenvalue weighted by Crippen LogP contribution is 2.50. The van der Waals surface area contributed by atoms with Crippen LogP contribution in [0.25, 0.3) is 0 Å². The van der Waals surface area contributed by atoms with Gasteiger partial charge in [0, 0.05) is 17.3 Å². The smallest absolute Gasteiger partial charge is 0.228 e. The number of fused-ring (bicyclic) bond motifs is 1. The third-order valence-corrected chi connectivity index (χ3v) is 8.11. The molecular weight excluding hydrogens is 432 g/mol. The van der Waals surface area contributed by atoms with Gasteiger partial charge in [-0.2, -0.15) is 0 Å². The van der Waals surface area contributed by atoms with Crippen LogP contribution in [-0.2, 0) is 10.5 Å². The molecule has 1 aromatic carbocycles.